The van der Waals surface area contributed by atoms with Gasteiger partial charge >= 0.3 is 0 Å². The van der Waals surface area contributed by atoms with Crippen LogP contribution in [-0.4, -0.2) is 16.6 Å². The first-order valence-corrected chi connectivity index (χ1v) is 6.51. The Balaban J connectivity index is 1.85. The van der Waals surface area contributed by atoms with Crippen molar-refractivity contribution < 1.29 is 9.21 Å². The van der Waals surface area contributed by atoms with Crippen molar-refractivity contribution in [3.8, 4) is 6.07 Å². The summed E-state index contributed by atoms with van der Waals surface area (Å²) in [5.41, 5.74) is 2.01. The van der Waals surface area contributed by atoms with Gasteiger partial charge in [-0.25, -0.2) is 4.98 Å². The topological polar surface area (TPSA) is 78.9 Å². The van der Waals surface area contributed by atoms with Gasteiger partial charge in [0.1, 0.15) is 6.26 Å². The minimum absolute atomic E-state index is 0.148. The molecule has 1 heterocycles. The molecule has 0 aliphatic rings. The fourth-order valence-corrected chi connectivity index (χ4v) is 2.00. The van der Waals surface area contributed by atoms with E-state index in [4.69, 9.17) is 9.68 Å². The lowest BCUT2D eigenvalue weighted by atomic mass is 10.2. The summed E-state index contributed by atoms with van der Waals surface area (Å²) < 4.78 is 5.13. The smallest absolute Gasteiger partial charge is 0.256 e. The van der Waals surface area contributed by atoms with E-state index in [1.54, 1.807) is 30.5 Å². The van der Waals surface area contributed by atoms with E-state index in [-0.39, 0.29) is 11.7 Å². The van der Waals surface area contributed by atoms with Crippen molar-refractivity contribution in [2.75, 3.05) is 11.1 Å². The summed E-state index contributed by atoms with van der Waals surface area (Å²) in [7, 11) is 0. The number of aryl methyl sites for hydroxylation is 1. The Kier molecular flexibility index (Phi) is 4.21. The summed E-state index contributed by atoms with van der Waals surface area (Å²) in [5.74, 6) is 0.0745. The number of oxazole rings is 1. The molecule has 0 fully saturated rings. The summed E-state index contributed by atoms with van der Waals surface area (Å²) in [6, 6.07) is 8.71. The second-order valence-corrected chi connectivity index (χ2v) is 4.71. The first-order valence-electron chi connectivity index (χ1n) is 5.52. The summed E-state index contributed by atoms with van der Waals surface area (Å²) in [4.78, 5) is 15.8. The molecule has 0 saturated heterocycles. The van der Waals surface area contributed by atoms with Gasteiger partial charge < -0.3 is 9.73 Å². The molecule has 0 bridgehead atoms. The van der Waals surface area contributed by atoms with Crippen LogP contribution in [0.1, 0.15) is 11.3 Å². The third-order valence-electron chi connectivity index (χ3n) is 2.22. The number of carbonyl (C=O) groups excluding carboxylic acids is 1. The van der Waals surface area contributed by atoms with Gasteiger partial charge in [-0.1, -0.05) is 11.8 Å². The van der Waals surface area contributed by atoms with Crippen LogP contribution in [0.5, 0.6) is 0 Å². The first kappa shape index (κ1) is 13.2. The molecule has 96 valence electrons. The SMILES string of the molecule is Cc1coc(SCC(=O)Nc2ccc(C#N)cc2)n1. The normalized spacial score (nSPS) is 9.89. The predicted octanol–water partition coefficient (Wildman–Crippen LogP) is 2.59. The number of carbonyl (C=O) groups is 1. The lowest BCUT2D eigenvalue weighted by Gasteiger charge is -2.03. The molecule has 0 atom stereocenters. The Morgan fingerprint density at radius 2 is 2.21 bits per heavy atom. The molecule has 1 N–H and O–H groups in total. The van der Waals surface area contributed by atoms with Crippen molar-refractivity contribution in [2.45, 2.75) is 12.1 Å². The van der Waals surface area contributed by atoms with Gasteiger partial charge in [0.2, 0.25) is 5.91 Å². The number of hydrogen-bond donors (Lipinski definition) is 1. The van der Waals surface area contributed by atoms with Crippen molar-refractivity contribution in [1.29, 1.82) is 5.26 Å². The van der Waals surface area contributed by atoms with Crippen LogP contribution < -0.4 is 5.32 Å². The van der Waals surface area contributed by atoms with Crippen molar-refractivity contribution in [1.82, 2.24) is 4.98 Å². The molecule has 0 unspecified atom stereocenters. The summed E-state index contributed by atoms with van der Waals surface area (Å²) in [6.45, 7) is 1.82. The van der Waals surface area contributed by atoms with Crippen LogP contribution in [-0.2, 0) is 4.79 Å². The van der Waals surface area contributed by atoms with Crippen molar-refractivity contribution in [3.63, 3.8) is 0 Å². The van der Waals surface area contributed by atoms with Gasteiger partial charge in [0.05, 0.1) is 23.1 Å². The van der Waals surface area contributed by atoms with E-state index in [1.807, 2.05) is 13.0 Å². The van der Waals surface area contributed by atoms with E-state index in [2.05, 4.69) is 10.3 Å². The molecule has 0 radical (unpaired) electrons. The van der Waals surface area contributed by atoms with E-state index in [0.717, 1.165) is 5.69 Å². The van der Waals surface area contributed by atoms with E-state index < -0.39 is 0 Å². The molecule has 0 spiro atoms. The highest BCUT2D eigenvalue weighted by molar-refractivity contribution is 7.99. The molecule has 19 heavy (non-hydrogen) atoms. The minimum atomic E-state index is -0.148. The predicted molar refractivity (Wildman–Crippen MR) is 71.8 cm³/mol. The summed E-state index contributed by atoms with van der Waals surface area (Å²) in [5, 5.41) is 11.9. The number of nitrogens with one attached hydrogen (secondary N) is 1. The highest BCUT2D eigenvalue weighted by Gasteiger charge is 2.07. The molecule has 2 rings (SSSR count). The third kappa shape index (κ3) is 3.86. The lowest BCUT2D eigenvalue weighted by molar-refractivity contribution is -0.113. The van der Waals surface area contributed by atoms with Crippen molar-refractivity contribution in [2.24, 2.45) is 0 Å². The number of nitriles is 1. The van der Waals surface area contributed by atoms with Crippen molar-refractivity contribution >= 4 is 23.4 Å². The molecule has 1 aromatic carbocycles. The molecule has 1 amide bonds. The highest BCUT2D eigenvalue weighted by Crippen LogP contribution is 2.17. The fourth-order valence-electron chi connectivity index (χ4n) is 1.35. The standard InChI is InChI=1S/C13H11N3O2S/c1-9-7-18-13(15-9)19-8-12(17)16-11-4-2-10(6-14)3-5-11/h2-5,7H,8H2,1H3,(H,16,17). The largest absolute Gasteiger partial charge is 0.440 e. The Labute approximate surface area is 114 Å². The van der Waals surface area contributed by atoms with Crippen LogP contribution in [0.25, 0.3) is 0 Å². The average Bonchev–Trinajstić information content (AvgIpc) is 2.83. The van der Waals surface area contributed by atoms with Crippen molar-refractivity contribution in [3.05, 3.63) is 41.8 Å². The molecule has 6 heteroatoms. The number of nitrogens with zero attached hydrogens (tertiary/aromatic N) is 2. The van der Waals surface area contributed by atoms with E-state index in [1.165, 1.54) is 11.8 Å². The van der Waals surface area contributed by atoms with Gasteiger partial charge in [0.15, 0.2) is 0 Å². The Morgan fingerprint density at radius 3 is 2.79 bits per heavy atom. The maximum atomic E-state index is 11.7. The minimum Gasteiger partial charge on any atom is -0.440 e. The number of aromatic nitrogens is 1. The molecule has 2 aromatic rings. The monoisotopic (exact) mass is 273 g/mol. The van der Waals surface area contributed by atoms with Crippen LogP contribution in [0.15, 0.2) is 40.2 Å². The van der Waals surface area contributed by atoms with Crippen LogP contribution in [0.3, 0.4) is 0 Å². The molecular weight excluding hydrogens is 262 g/mol. The molecule has 0 aliphatic heterocycles. The van der Waals surface area contributed by atoms with E-state index >= 15 is 0 Å². The van der Waals surface area contributed by atoms with Gasteiger partial charge in [-0.15, -0.1) is 0 Å². The van der Waals surface area contributed by atoms with Crippen LogP contribution in [0.2, 0.25) is 0 Å². The maximum Gasteiger partial charge on any atom is 0.256 e. The average molecular weight is 273 g/mol. The fraction of sp³-hybridized carbons (Fsp3) is 0.154. The summed E-state index contributed by atoms with van der Waals surface area (Å²) in [6.07, 6.45) is 1.54. The number of rotatable bonds is 4. The number of anilines is 1. The van der Waals surface area contributed by atoms with E-state index in [9.17, 15) is 4.79 Å². The van der Waals surface area contributed by atoms with E-state index in [0.29, 0.717) is 16.5 Å². The van der Waals surface area contributed by atoms with Crippen LogP contribution in [0.4, 0.5) is 5.69 Å². The summed E-state index contributed by atoms with van der Waals surface area (Å²) >= 11 is 1.23. The van der Waals surface area contributed by atoms with Crippen LogP contribution in [0, 0.1) is 18.3 Å². The zero-order chi connectivity index (χ0) is 13.7. The number of amides is 1. The zero-order valence-corrected chi connectivity index (χ0v) is 11.0. The third-order valence-corrected chi connectivity index (χ3v) is 3.06. The highest BCUT2D eigenvalue weighted by atomic mass is 32.2. The van der Waals surface area contributed by atoms with Gasteiger partial charge in [-0.3, -0.25) is 4.79 Å². The van der Waals surface area contributed by atoms with Gasteiger partial charge in [-0.05, 0) is 31.2 Å². The Hall–Kier alpha value is -2.26. The van der Waals surface area contributed by atoms with Crippen LogP contribution >= 0.6 is 11.8 Å². The molecule has 0 saturated carbocycles. The number of hydrogen-bond acceptors (Lipinski definition) is 5. The Morgan fingerprint density at radius 1 is 1.47 bits per heavy atom. The van der Waals surface area contributed by atoms with Gasteiger partial charge in [-0.2, -0.15) is 5.26 Å². The molecule has 0 aliphatic carbocycles. The second kappa shape index (κ2) is 6.07. The zero-order valence-electron chi connectivity index (χ0n) is 10.2. The second-order valence-electron chi connectivity index (χ2n) is 3.78. The number of benzene rings is 1. The Bertz CT molecular complexity index is 614. The number of thioether (sulfide) groups is 1. The van der Waals surface area contributed by atoms with Gasteiger partial charge in [0.25, 0.3) is 5.22 Å². The quantitative estimate of drug-likeness (QED) is 0.866. The molecule has 5 nitrogen and oxygen atoms in total. The first-order chi connectivity index (χ1) is 9.17. The maximum absolute atomic E-state index is 11.7. The van der Waals surface area contributed by atoms with Gasteiger partial charge in [0, 0.05) is 5.69 Å². The molecular formula is C13H11N3O2S. The molecule has 1 aromatic heterocycles. The lowest BCUT2D eigenvalue weighted by Crippen LogP contribution is -2.13.